The number of anilines is 2. The number of carbonyl (C=O) groups is 1. The van der Waals surface area contributed by atoms with Crippen molar-refractivity contribution < 1.29 is 9.53 Å². The van der Waals surface area contributed by atoms with Gasteiger partial charge in [0.1, 0.15) is 0 Å². The number of nitrogens with two attached hydrogens (primary N) is 1. The van der Waals surface area contributed by atoms with Crippen molar-refractivity contribution >= 4 is 17.3 Å². The maximum atomic E-state index is 12.5. The van der Waals surface area contributed by atoms with Gasteiger partial charge in [-0.15, -0.1) is 0 Å². The average molecular weight is 288 g/mol. The first-order valence-electron chi connectivity index (χ1n) is 8.04. The molecule has 1 atom stereocenters. The van der Waals surface area contributed by atoms with Gasteiger partial charge in [0.05, 0.1) is 6.10 Å². The largest absolute Gasteiger partial charge is 0.399 e. The molecule has 2 heterocycles. The minimum Gasteiger partial charge on any atom is -0.399 e. The van der Waals surface area contributed by atoms with Gasteiger partial charge in [0, 0.05) is 30.9 Å². The van der Waals surface area contributed by atoms with Gasteiger partial charge in [-0.2, -0.15) is 0 Å². The third-order valence-corrected chi connectivity index (χ3v) is 4.48. The number of amides is 1. The maximum Gasteiger partial charge on any atom is 0.227 e. The first-order chi connectivity index (χ1) is 10.2. The van der Waals surface area contributed by atoms with Crippen LogP contribution in [0.25, 0.3) is 0 Å². The second-order valence-electron chi connectivity index (χ2n) is 6.06. The number of aryl methyl sites for hydroxylation is 1. The van der Waals surface area contributed by atoms with Crippen molar-refractivity contribution in [3.63, 3.8) is 0 Å². The van der Waals surface area contributed by atoms with Crippen molar-refractivity contribution in [3.8, 4) is 0 Å². The van der Waals surface area contributed by atoms with Crippen LogP contribution in [0.5, 0.6) is 0 Å². The second kappa shape index (κ2) is 6.48. The minimum atomic E-state index is 0.204. The first-order valence-corrected chi connectivity index (χ1v) is 8.04. The molecule has 4 heteroatoms. The van der Waals surface area contributed by atoms with Crippen molar-refractivity contribution in [2.24, 2.45) is 0 Å². The van der Waals surface area contributed by atoms with Crippen LogP contribution in [0.1, 0.15) is 44.1 Å². The quantitative estimate of drug-likeness (QED) is 0.870. The molecular formula is C17H24N2O2. The zero-order valence-corrected chi connectivity index (χ0v) is 12.5. The van der Waals surface area contributed by atoms with Gasteiger partial charge in [0.15, 0.2) is 0 Å². The van der Waals surface area contributed by atoms with Gasteiger partial charge in [-0.25, -0.2) is 0 Å². The highest BCUT2D eigenvalue weighted by Crippen LogP contribution is 2.30. The molecule has 2 N–H and O–H groups in total. The molecule has 21 heavy (non-hydrogen) atoms. The summed E-state index contributed by atoms with van der Waals surface area (Å²) in [5.74, 6) is 0.204. The molecule has 0 aromatic heterocycles. The normalized spacial score (nSPS) is 21.9. The van der Waals surface area contributed by atoms with E-state index in [1.165, 1.54) is 12.0 Å². The first kappa shape index (κ1) is 14.4. The van der Waals surface area contributed by atoms with Crippen LogP contribution in [0.3, 0.4) is 0 Å². The molecule has 1 fully saturated rings. The maximum absolute atomic E-state index is 12.5. The van der Waals surface area contributed by atoms with E-state index in [0.717, 1.165) is 56.6 Å². The van der Waals surface area contributed by atoms with Crippen LogP contribution < -0.4 is 10.6 Å². The Balaban J connectivity index is 1.64. The highest BCUT2D eigenvalue weighted by atomic mass is 16.5. The van der Waals surface area contributed by atoms with Gasteiger partial charge in [0.2, 0.25) is 5.91 Å². The Morgan fingerprint density at radius 2 is 2.24 bits per heavy atom. The van der Waals surface area contributed by atoms with Gasteiger partial charge in [-0.1, -0.05) is 6.07 Å². The number of fused-ring (bicyclic) bond motifs is 1. The standard InChI is InChI=1S/C17H24N2O2/c18-14-7-6-13-4-3-10-19(16(13)12-14)17(20)9-8-15-5-1-2-11-21-15/h6-7,12,15H,1-5,8-11,18H2. The molecule has 1 unspecified atom stereocenters. The molecule has 0 radical (unpaired) electrons. The van der Waals surface area contributed by atoms with Crippen molar-refractivity contribution in [2.45, 2.75) is 51.0 Å². The van der Waals surface area contributed by atoms with E-state index < -0.39 is 0 Å². The van der Waals surface area contributed by atoms with E-state index in [1.807, 2.05) is 23.1 Å². The molecule has 0 spiro atoms. The van der Waals surface area contributed by atoms with Gasteiger partial charge >= 0.3 is 0 Å². The zero-order valence-electron chi connectivity index (χ0n) is 12.5. The summed E-state index contributed by atoms with van der Waals surface area (Å²) in [6.45, 7) is 1.66. The Bertz CT molecular complexity index is 510. The Morgan fingerprint density at radius 1 is 1.33 bits per heavy atom. The predicted molar refractivity (Wildman–Crippen MR) is 84.4 cm³/mol. The molecule has 1 aromatic rings. The summed E-state index contributed by atoms with van der Waals surface area (Å²) in [6.07, 6.45) is 7.22. The van der Waals surface area contributed by atoms with Crippen molar-refractivity contribution in [3.05, 3.63) is 23.8 Å². The van der Waals surface area contributed by atoms with E-state index in [1.54, 1.807) is 0 Å². The highest BCUT2D eigenvalue weighted by Gasteiger charge is 2.24. The van der Waals surface area contributed by atoms with E-state index in [0.29, 0.717) is 6.42 Å². The smallest absolute Gasteiger partial charge is 0.227 e. The number of nitrogen functional groups attached to an aromatic ring is 1. The summed E-state index contributed by atoms with van der Waals surface area (Å²) in [6, 6.07) is 5.90. The van der Waals surface area contributed by atoms with Gasteiger partial charge in [0.25, 0.3) is 0 Å². The van der Waals surface area contributed by atoms with Crippen LogP contribution in [0, 0.1) is 0 Å². The minimum absolute atomic E-state index is 0.204. The number of carbonyl (C=O) groups excluding carboxylic acids is 1. The van der Waals surface area contributed by atoms with Crippen LogP contribution in [-0.2, 0) is 16.0 Å². The summed E-state index contributed by atoms with van der Waals surface area (Å²) in [4.78, 5) is 14.5. The SMILES string of the molecule is Nc1ccc2c(c1)N(C(=O)CCC1CCCCO1)CCC2. The Kier molecular flexibility index (Phi) is 4.44. The molecule has 0 bridgehead atoms. The molecule has 1 aromatic carbocycles. The molecule has 2 aliphatic heterocycles. The van der Waals surface area contributed by atoms with Crippen LogP contribution in [0.4, 0.5) is 11.4 Å². The third kappa shape index (κ3) is 3.38. The summed E-state index contributed by atoms with van der Waals surface area (Å²) in [7, 11) is 0. The fourth-order valence-corrected chi connectivity index (χ4v) is 3.31. The summed E-state index contributed by atoms with van der Waals surface area (Å²) in [5, 5.41) is 0. The lowest BCUT2D eigenvalue weighted by atomic mass is 9.99. The number of hydrogen-bond donors (Lipinski definition) is 1. The van der Waals surface area contributed by atoms with Crippen LogP contribution in [0.2, 0.25) is 0 Å². The average Bonchev–Trinajstić information content (AvgIpc) is 2.53. The lowest BCUT2D eigenvalue weighted by molar-refractivity contribution is -0.119. The number of benzene rings is 1. The fraction of sp³-hybridized carbons (Fsp3) is 0.588. The molecule has 1 saturated heterocycles. The van der Waals surface area contributed by atoms with Gasteiger partial charge < -0.3 is 15.4 Å². The summed E-state index contributed by atoms with van der Waals surface area (Å²) < 4.78 is 5.71. The molecule has 1 amide bonds. The Hall–Kier alpha value is -1.55. The summed E-state index contributed by atoms with van der Waals surface area (Å²) >= 11 is 0. The molecular weight excluding hydrogens is 264 g/mol. The topological polar surface area (TPSA) is 55.6 Å². The summed E-state index contributed by atoms with van der Waals surface area (Å²) in [5.41, 5.74) is 8.85. The van der Waals surface area contributed by atoms with Crippen molar-refractivity contribution in [1.82, 2.24) is 0 Å². The van der Waals surface area contributed by atoms with Crippen molar-refractivity contribution in [1.29, 1.82) is 0 Å². The molecule has 4 nitrogen and oxygen atoms in total. The number of nitrogens with zero attached hydrogens (tertiary/aromatic N) is 1. The Labute approximate surface area is 126 Å². The number of ether oxygens (including phenoxy) is 1. The fourth-order valence-electron chi connectivity index (χ4n) is 3.31. The van der Waals surface area contributed by atoms with Crippen molar-refractivity contribution in [2.75, 3.05) is 23.8 Å². The monoisotopic (exact) mass is 288 g/mol. The molecule has 2 aliphatic rings. The van der Waals surface area contributed by atoms with Gasteiger partial charge in [-0.3, -0.25) is 4.79 Å². The molecule has 0 saturated carbocycles. The zero-order chi connectivity index (χ0) is 14.7. The van der Waals surface area contributed by atoms with Crippen LogP contribution in [-0.4, -0.2) is 25.2 Å². The molecule has 0 aliphatic carbocycles. The lowest BCUT2D eigenvalue weighted by Gasteiger charge is -2.30. The lowest BCUT2D eigenvalue weighted by Crippen LogP contribution is -2.36. The van der Waals surface area contributed by atoms with Crippen LogP contribution >= 0.6 is 0 Å². The predicted octanol–water partition coefficient (Wildman–Crippen LogP) is 2.90. The highest BCUT2D eigenvalue weighted by molar-refractivity contribution is 5.95. The van der Waals surface area contributed by atoms with E-state index >= 15 is 0 Å². The second-order valence-corrected chi connectivity index (χ2v) is 6.06. The number of hydrogen-bond acceptors (Lipinski definition) is 3. The van der Waals surface area contributed by atoms with Crippen LogP contribution in [0.15, 0.2) is 18.2 Å². The van der Waals surface area contributed by atoms with Gasteiger partial charge in [-0.05, 0) is 56.2 Å². The number of rotatable bonds is 3. The van der Waals surface area contributed by atoms with E-state index in [-0.39, 0.29) is 12.0 Å². The Morgan fingerprint density at radius 3 is 3.05 bits per heavy atom. The molecule has 114 valence electrons. The van der Waals surface area contributed by atoms with E-state index in [9.17, 15) is 4.79 Å². The van der Waals surface area contributed by atoms with E-state index in [2.05, 4.69) is 0 Å². The molecule has 3 rings (SSSR count). The van der Waals surface area contributed by atoms with E-state index in [4.69, 9.17) is 10.5 Å². The third-order valence-electron chi connectivity index (χ3n) is 4.48.